The second-order valence-electron chi connectivity index (χ2n) is 3.92. The average Bonchev–Trinajstić information content (AvgIpc) is 2.61. The van der Waals surface area contributed by atoms with E-state index >= 15 is 0 Å². The third-order valence-electron chi connectivity index (χ3n) is 2.92. The Morgan fingerprint density at radius 1 is 1.14 bits per heavy atom. The van der Waals surface area contributed by atoms with Crippen LogP contribution < -0.4 is 0 Å². The Labute approximate surface area is 88.3 Å². The quantitative estimate of drug-likeness (QED) is 0.618. The van der Waals surface area contributed by atoms with Crippen LogP contribution in [0.15, 0.2) is 41.3 Å². The summed E-state index contributed by atoms with van der Waals surface area (Å²) in [6, 6.07) is 13.2. The number of thioether (sulfide) groups is 1. The predicted molar refractivity (Wildman–Crippen MR) is 63.1 cm³/mol. The van der Waals surface area contributed by atoms with Gasteiger partial charge in [0.2, 0.25) is 0 Å². The van der Waals surface area contributed by atoms with Crippen LogP contribution in [0.3, 0.4) is 0 Å². The van der Waals surface area contributed by atoms with Crippen molar-refractivity contribution in [2.45, 2.75) is 17.7 Å². The molecule has 1 heterocycles. The zero-order valence-corrected chi connectivity index (χ0v) is 8.97. The van der Waals surface area contributed by atoms with Gasteiger partial charge in [-0.25, -0.2) is 0 Å². The largest absolute Gasteiger partial charge is 0.125 e. The Bertz CT molecular complexity index is 488. The molecule has 1 aliphatic heterocycles. The summed E-state index contributed by atoms with van der Waals surface area (Å²) < 4.78 is 0. The molecule has 0 amide bonds. The van der Waals surface area contributed by atoms with E-state index in [1.807, 2.05) is 11.8 Å². The van der Waals surface area contributed by atoms with Gasteiger partial charge in [-0.2, -0.15) is 0 Å². The minimum Gasteiger partial charge on any atom is -0.125 e. The molecule has 0 nitrogen and oxygen atoms in total. The molecule has 70 valence electrons. The lowest BCUT2D eigenvalue weighted by molar-refractivity contribution is 0.886. The Kier molecular flexibility index (Phi) is 1.81. The highest BCUT2D eigenvalue weighted by atomic mass is 32.2. The van der Waals surface area contributed by atoms with Gasteiger partial charge in [0.1, 0.15) is 0 Å². The molecule has 0 bridgehead atoms. The van der Waals surface area contributed by atoms with E-state index in [2.05, 4.69) is 43.3 Å². The van der Waals surface area contributed by atoms with Gasteiger partial charge in [-0.3, -0.25) is 0 Å². The van der Waals surface area contributed by atoms with Crippen molar-refractivity contribution in [3.8, 4) is 0 Å². The first-order valence-electron chi connectivity index (χ1n) is 5.01. The minimum absolute atomic E-state index is 0.722. The van der Waals surface area contributed by atoms with Crippen LogP contribution in [-0.2, 0) is 0 Å². The van der Waals surface area contributed by atoms with Gasteiger partial charge in [-0.05, 0) is 22.3 Å². The van der Waals surface area contributed by atoms with Crippen LogP contribution in [0.4, 0.5) is 0 Å². The van der Waals surface area contributed by atoms with Gasteiger partial charge in [-0.1, -0.05) is 43.3 Å². The molecule has 0 N–H and O–H groups in total. The maximum atomic E-state index is 2.31. The molecule has 0 aliphatic carbocycles. The summed E-state index contributed by atoms with van der Waals surface area (Å²) in [7, 11) is 0. The molecule has 0 saturated heterocycles. The summed E-state index contributed by atoms with van der Waals surface area (Å²) >= 11 is 2.01. The van der Waals surface area contributed by atoms with Crippen molar-refractivity contribution in [1.29, 1.82) is 0 Å². The average molecular weight is 200 g/mol. The third kappa shape index (κ3) is 1.09. The highest BCUT2D eigenvalue weighted by Gasteiger charge is 2.20. The first-order chi connectivity index (χ1) is 6.86. The van der Waals surface area contributed by atoms with Crippen molar-refractivity contribution in [3.05, 3.63) is 42.0 Å². The smallest absolute Gasteiger partial charge is 0.0186 e. The van der Waals surface area contributed by atoms with Crippen LogP contribution >= 0.6 is 11.8 Å². The second kappa shape index (κ2) is 3.03. The van der Waals surface area contributed by atoms with Gasteiger partial charge in [-0.15, -0.1) is 11.8 Å². The van der Waals surface area contributed by atoms with Crippen LogP contribution in [0.2, 0.25) is 0 Å². The van der Waals surface area contributed by atoms with Crippen LogP contribution in [0.25, 0.3) is 10.8 Å². The molecule has 0 aromatic heterocycles. The number of benzene rings is 2. The van der Waals surface area contributed by atoms with Crippen molar-refractivity contribution in [3.63, 3.8) is 0 Å². The molecule has 0 spiro atoms. The Morgan fingerprint density at radius 3 is 2.93 bits per heavy atom. The highest BCUT2D eigenvalue weighted by Crippen LogP contribution is 2.43. The Morgan fingerprint density at radius 2 is 2.00 bits per heavy atom. The number of hydrogen-bond acceptors (Lipinski definition) is 1. The maximum absolute atomic E-state index is 2.31. The SMILES string of the molecule is CC1CSc2c1ccc1ccccc21. The van der Waals surface area contributed by atoms with Crippen LogP contribution in [0, 0.1) is 0 Å². The van der Waals surface area contributed by atoms with Gasteiger partial charge in [0, 0.05) is 10.6 Å². The first-order valence-corrected chi connectivity index (χ1v) is 5.99. The van der Waals surface area contributed by atoms with Gasteiger partial charge < -0.3 is 0 Å². The van der Waals surface area contributed by atoms with E-state index in [0.717, 1.165) is 5.92 Å². The summed E-state index contributed by atoms with van der Waals surface area (Å²) in [5.74, 6) is 1.96. The lowest BCUT2D eigenvalue weighted by Gasteiger charge is -2.05. The first kappa shape index (κ1) is 8.37. The van der Waals surface area contributed by atoms with Gasteiger partial charge in [0.05, 0.1) is 0 Å². The van der Waals surface area contributed by atoms with E-state index < -0.39 is 0 Å². The summed E-state index contributed by atoms with van der Waals surface area (Å²) in [4.78, 5) is 1.51. The molecule has 2 aromatic carbocycles. The summed E-state index contributed by atoms with van der Waals surface area (Å²) in [5.41, 5.74) is 1.54. The summed E-state index contributed by atoms with van der Waals surface area (Å²) in [6.07, 6.45) is 0. The molecule has 1 atom stereocenters. The summed E-state index contributed by atoms with van der Waals surface area (Å²) in [5, 5.41) is 2.80. The van der Waals surface area contributed by atoms with Crippen molar-refractivity contribution in [2.24, 2.45) is 0 Å². The fraction of sp³-hybridized carbons (Fsp3) is 0.231. The molecule has 14 heavy (non-hydrogen) atoms. The predicted octanol–water partition coefficient (Wildman–Crippen LogP) is 4.05. The molecule has 1 aliphatic rings. The molecule has 3 rings (SSSR count). The Hall–Kier alpha value is -0.950. The van der Waals surface area contributed by atoms with E-state index in [-0.39, 0.29) is 0 Å². The molecule has 1 heteroatoms. The lowest BCUT2D eigenvalue weighted by atomic mass is 9.99. The zero-order chi connectivity index (χ0) is 9.54. The molecule has 0 radical (unpaired) electrons. The molecule has 0 fully saturated rings. The normalized spacial score (nSPS) is 19.9. The maximum Gasteiger partial charge on any atom is 0.0186 e. The molecular formula is C13H12S. The second-order valence-corrected chi connectivity index (χ2v) is 4.95. The lowest BCUT2D eigenvalue weighted by Crippen LogP contribution is -1.88. The van der Waals surface area contributed by atoms with E-state index in [0.29, 0.717) is 0 Å². The van der Waals surface area contributed by atoms with Crippen molar-refractivity contribution in [1.82, 2.24) is 0 Å². The van der Waals surface area contributed by atoms with E-state index in [9.17, 15) is 0 Å². The monoisotopic (exact) mass is 200 g/mol. The standard InChI is InChI=1S/C13H12S/c1-9-8-14-13-11(9)7-6-10-4-2-3-5-12(10)13/h2-7,9H,8H2,1H3. The van der Waals surface area contributed by atoms with Crippen molar-refractivity contribution in [2.75, 3.05) is 5.75 Å². The minimum atomic E-state index is 0.722. The van der Waals surface area contributed by atoms with Gasteiger partial charge in [0.15, 0.2) is 0 Å². The summed E-state index contributed by atoms with van der Waals surface area (Å²) in [6.45, 7) is 2.31. The van der Waals surface area contributed by atoms with Gasteiger partial charge in [0.25, 0.3) is 0 Å². The number of rotatable bonds is 0. The molecule has 0 saturated carbocycles. The van der Waals surface area contributed by atoms with E-state index in [1.54, 1.807) is 0 Å². The van der Waals surface area contributed by atoms with Crippen molar-refractivity contribution >= 4 is 22.5 Å². The number of fused-ring (bicyclic) bond motifs is 3. The fourth-order valence-electron chi connectivity index (χ4n) is 2.11. The fourth-order valence-corrected chi connectivity index (χ4v) is 3.48. The number of hydrogen-bond donors (Lipinski definition) is 0. The molecular weight excluding hydrogens is 188 g/mol. The third-order valence-corrected chi connectivity index (χ3v) is 4.33. The van der Waals surface area contributed by atoms with E-state index in [1.165, 1.54) is 27.0 Å². The molecule has 2 aromatic rings. The Balaban J connectivity index is 2.38. The zero-order valence-electron chi connectivity index (χ0n) is 8.16. The topological polar surface area (TPSA) is 0 Å². The van der Waals surface area contributed by atoms with Crippen molar-refractivity contribution < 1.29 is 0 Å². The van der Waals surface area contributed by atoms with Crippen LogP contribution in [0.5, 0.6) is 0 Å². The van der Waals surface area contributed by atoms with E-state index in [4.69, 9.17) is 0 Å². The van der Waals surface area contributed by atoms with Crippen LogP contribution in [-0.4, -0.2) is 5.75 Å². The molecule has 1 unspecified atom stereocenters. The van der Waals surface area contributed by atoms with Gasteiger partial charge >= 0.3 is 0 Å². The van der Waals surface area contributed by atoms with Crippen LogP contribution in [0.1, 0.15) is 18.4 Å². The highest BCUT2D eigenvalue weighted by molar-refractivity contribution is 7.99.